The van der Waals surface area contributed by atoms with Crippen LogP contribution in [0.1, 0.15) is 42.9 Å². The average molecular weight is 260 g/mol. The van der Waals surface area contributed by atoms with Crippen LogP contribution in [-0.4, -0.2) is 22.2 Å². The SMILES string of the molecule is CC(C)c1cccc2c1CCC(C(=O)O)=C2C(=O)O. The molecule has 0 bridgehead atoms. The second-order valence-corrected chi connectivity index (χ2v) is 4.99. The van der Waals surface area contributed by atoms with Crippen molar-refractivity contribution in [3.8, 4) is 0 Å². The average Bonchev–Trinajstić information content (AvgIpc) is 2.35. The lowest BCUT2D eigenvalue weighted by molar-refractivity contribution is -0.134. The minimum Gasteiger partial charge on any atom is -0.478 e. The fraction of sp³-hybridized carbons (Fsp3) is 0.333. The molecule has 0 aromatic heterocycles. The largest absolute Gasteiger partial charge is 0.478 e. The van der Waals surface area contributed by atoms with Gasteiger partial charge in [-0.25, -0.2) is 9.59 Å². The molecule has 0 amide bonds. The van der Waals surface area contributed by atoms with Gasteiger partial charge in [0.2, 0.25) is 0 Å². The third-order valence-electron chi connectivity index (χ3n) is 3.50. The van der Waals surface area contributed by atoms with Gasteiger partial charge in [0.15, 0.2) is 0 Å². The van der Waals surface area contributed by atoms with Crippen LogP contribution in [0.4, 0.5) is 0 Å². The molecule has 0 heterocycles. The van der Waals surface area contributed by atoms with Crippen LogP contribution < -0.4 is 0 Å². The molecule has 1 aliphatic carbocycles. The molecular weight excluding hydrogens is 244 g/mol. The zero-order chi connectivity index (χ0) is 14.2. The fourth-order valence-corrected chi connectivity index (χ4v) is 2.65. The monoisotopic (exact) mass is 260 g/mol. The number of aliphatic carboxylic acids is 2. The standard InChI is InChI=1S/C15H16O4/c1-8(2)9-4-3-5-11-10(9)6-7-12(14(16)17)13(11)15(18)19/h3-5,8H,6-7H2,1-2H3,(H,16,17)(H,18,19). The molecule has 2 rings (SSSR count). The molecule has 2 N–H and O–H groups in total. The minimum atomic E-state index is -1.17. The Labute approximate surface area is 111 Å². The van der Waals surface area contributed by atoms with E-state index < -0.39 is 11.9 Å². The van der Waals surface area contributed by atoms with E-state index in [1.807, 2.05) is 19.9 Å². The van der Waals surface area contributed by atoms with Crippen molar-refractivity contribution < 1.29 is 19.8 Å². The molecule has 4 nitrogen and oxygen atoms in total. The first-order valence-electron chi connectivity index (χ1n) is 6.25. The van der Waals surface area contributed by atoms with E-state index in [0.29, 0.717) is 12.0 Å². The molecule has 19 heavy (non-hydrogen) atoms. The van der Waals surface area contributed by atoms with Gasteiger partial charge in [-0.15, -0.1) is 0 Å². The predicted molar refractivity (Wildman–Crippen MR) is 71.0 cm³/mol. The summed E-state index contributed by atoms with van der Waals surface area (Å²) in [6.07, 6.45) is 0.857. The Morgan fingerprint density at radius 3 is 2.32 bits per heavy atom. The van der Waals surface area contributed by atoms with Gasteiger partial charge in [0.25, 0.3) is 0 Å². The smallest absolute Gasteiger partial charge is 0.336 e. The summed E-state index contributed by atoms with van der Waals surface area (Å²) in [7, 11) is 0. The van der Waals surface area contributed by atoms with Crippen LogP contribution in [0.15, 0.2) is 23.8 Å². The number of fused-ring (bicyclic) bond motifs is 1. The van der Waals surface area contributed by atoms with Gasteiger partial charge in [-0.2, -0.15) is 0 Å². The Morgan fingerprint density at radius 2 is 1.79 bits per heavy atom. The summed E-state index contributed by atoms with van der Waals surface area (Å²) < 4.78 is 0. The van der Waals surface area contributed by atoms with Crippen LogP contribution in [-0.2, 0) is 16.0 Å². The van der Waals surface area contributed by atoms with Crippen molar-refractivity contribution in [2.75, 3.05) is 0 Å². The first kappa shape index (κ1) is 13.3. The van der Waals surface area contributed by atoms with Crippen molar-refractivity contribution in [3.05, 3.63) is 40.5 Å². The second kappa shape index (κ2) is 4.88. The third kappa shape index (κ3) is 2.26. The predicted octanol–water partition coefficient (Wildman–Crippen LogP) is 2.68. The fourth-order valence-electron chi connectivity index (χ4n) is 2.65. The zero-order valence-corrected chi connectivity index (χ0v) is 10.9. The number of benzene rings is 1. The van der Waals surface area contributed by atoms with Gasteiger partial charge in [0.1, 0.15) is 0 Å². The molecule has 0 saturated carbocycles. The molecule has 0 radical (unpaired) electrons. The summed E-state index contributed by atoms with van der Waals surface area (Å²) in [6.45, 7) is 4.10. The Kier molecular flexibility index (Phi) is 3.42. The number of hydrogen-bond donors (Lipinski definition) is 2. The quantitative estimate of drug-likeness (QED) is 0.876. The molecule has 4 heteroatoms. The van der Waals surface area contributed by atoms with E-state index in [4.69, 9.17) is 5.11 Å². The summed E-state index contributed by atoms with van der Waals surface area (Å²) in [5, 5.41) is 18.5. The molecule has 0 atom stereocenters. The molecule has 1 aromatic rings. The minimum absolute atomic E-state index is 0.000839. The molecule has 100 valence electrons. The van der Waals surface area contributed by atoms with Gasteiger partial charge in [0.05, 0.1) is 11.1 Å². The second-order valence-electron chi connectivity index (χ2n) is 4.99. The van der Waals surface area contributed by atoms with E-state index in [1.165, 1.54) is 0 Å². The summed E-state index contributed by atoms with van der Waals surface area (Å²) in [4.78, 5) is 22.6. The van der Waals surface area contributed by atoms with Crippen molar-refractivity contribution >= 4 is 17.5 Å². The maximum absolute atomic E-state index is 11.4. The van der Waals surface area contributed by atoms with Crippen molar-refractivity contribution in [1.82, 2.24) is 0 Å². The van der Waals surface area contributed by atoms with Crippen LogP contribution in [0.3, 0.4) is 0 Å². The summed E-state index contributed by atoms with van der Waals surface area (Å²) in [5.74, 6) is -2.02. The molecular formula is C15H16O4. The highest BCUT2D eigenvalue weighted by molar-refractivity contribution is 6.22. The summed E-state index contributed by atoms with van der Waals surface area (Å²) in [6, 6.07) is 5.48. The normalized spacial score (nSPS) is 14.5. The highest BCUT2D eigenvalue weighted by Crippen LogP contribution is 2.35. The maximum Gasteiger partial charge on any atom is 0.336 e. The Bertz CT molecular complexity index is 582. The number of hydrogen-bond acceptors (Lipinski definition) is 2. The van der Waals surface area contributed by atoms with Crippen molar-refractivity contribution in [1.29, 1.82) is 0 Å². The molecule has 0 saturated heterocycles. The lowest BCUT2D eigenvalue weighted by Crippen LogP contribution is -2.18. The van der Waals surface area contributed by atoms with Gasteiger partial charge < -0.3 is 10.2 Å². The lowest BCUT2D eigenvalue weighted by atomic mass is 9.81. The topological polar surface area (TPSA) is 74.6 Å². The van der Waals surface area contributed by atoms with Crippen LogP contribution in [0, 0.1) is 0 Å². The number of carboxylic acid groups (broad SMARTS) is 2. The van der Waals surface area contributed by atoms with E-state index in [2.05, 4.69) is 0 Å². The number of carbonyl (C=O) groups is 2. The van der Waals surface area contributed by atoms with E-state index in [9.17, 15) is 14.7 Å². The van der Waals surface area contributed by atoms with E-state index in [-0.39, 0.29) is 23.5 Å². The zero-order valence-electron chi connectivity index (χ0n) is 10.9. The van der Waals surface area contributed by atoms with E-state index in [1.54, 1.807) is 12.1 Å². The highest BCUT2D eigenvalue weighted by atomic mass is 16.4. The molecule has 0 unspecified atom stereocenters. The van der Waals surface area contributed by atoms with Gasteiger partial charge in [-0.05, 0) is 35.4 Å². The Balaban J connectivity index is 2.71. The molecule has 0 aliphatic heterocycles. The number of rotatable bonds is 3. The van der Waals surface area contributed by atoms with Gasteiger partial charge in [-0.1, -0.05) is 32.0 Å². The summed E-state index contributed by atoms with van der Waals surface area (Å²) in [5.41, 5.74) is 2.57. The van der Waals surface area contributed by atoms with Gasteiger partial charge in [0, 0.05) is 0 Å². The van der Waals surface area contributed by atoms with Crippen molar-refractivity contribution in [2.45, 2.75) is 32.6 Å². The van der Waals surface area contributed by atoms with Crippen LogP contribution in [0.5, 0.6) is 0 Å². The summed E-state index contributed by atoms with van der Waals surface area (Å²) >= 11 is 0. The lowest BCUT2D eigenvalue weighted by Gasteiger charge is -2.23. The molecule has 1 aromatic carbocycles. The highest BCUT2D eigenvalue weighted by Gasteiger charge is 2.29. The molecule has 0 fully saturated rings. The Morgan fingerprint density at radius 1 is 1.11 bits per heavy atom. The van der Waals surface area contributed by atoms with Crippen LogP contribution in [0.25, 0.3) is 5.57 Å². The number of carboxylic acids is 2. The third-order valence-corrected chi connectivity index (χ3v) is 3.50. The first-order chi connectivity index (χ1) is 8.93. The Hall–Kier alpha value is -2.10. The van der Waals surface area contributed by atoms with Gasteiger partial charge >= 0.3 is 11.9 Å². The van der Waals surface area contributed by atoms with Crippen molar-refractivity contribution in [3.63, 3.8) is 0 Å². The van der Waals surface area contributed by atoms with Gasteiger partial charge in [-0.3, -0.25) is 0 Å². The van der Waals surface area contributed by atoms with Crippen LogP contribution >= 0.6 is 0 Å². The molecule has 1 aliphatic rings. The first-order valence-corrected chi connectivity index (χ1v) is 6.25. The van der Waals surface area contributed by atoms with E-state index in [0.717, 1.165) is 11.1 Å². The molecule has 0 spiro atoms. The van der Waals surface area contributed by atoms with Crippen molar-refractivity contribution in [2.24, 2.45) is 0 Å². The van der Waals surface area contributed by atoms with E-state index >= 15 is 0 Å². The van der Waals surface area contributed by atoms with Crippen LogP contribution in [0.2, 0.25) is 0 Å². The maximum atomic E-state index is 11.4.